The Morgan fingerprint density at radius 1 is 1.24 bits per heavy atom. The van der Waals surface area contributed by atoms with Gasteiger partial charge in [0.25, 0.3) is 0 Å². The van der Waals surface area contributed by atoms with E-state index in [0.29, 0.717) is 11.8 Å². The number of carbonyl (C=O) groups excluding carboxylic acids is 1. The van der Waals surface area contributed by atoms with E-state index in [9.17, 15) is 4.79 Å². The van der Waals surface area contributed by atoms with Crippen molar-refractivity contribution in [1.82, 2.24) is 5.32 Å². The minimum atomic E-state index is -0.418. The highest BCUT2D eigenvalue weighted by atomic mass is 16.6. The molecule has 3 atom stereocenters. The molecule has 0 bridgehead atoms. The van der Waals surface area contributed by atoms with Crippen LogP contribution >= 0.6 is 0 Å². The zero-order valence-electron chi connectivity index (χ0n) is 10.2. The van der Waals surface area contributed by atoms with Crippen LogP contribution < -0.4 is 5.32 Å². The summed E-state index contributed by atoms with van der Waals surface area (Å²) in [5, 5.41) is 3.39. The predicted octanol–water partition coefficient (Wildman–Crippen LogP) is 1.93. The summed E-state index contributed by atoms with van der Waals surface area (Å²) in [5.74, 6) is 0.443. The Bertz CT molecular complexity index is 459. The Hall–Kier alpha value is -1.35. The van der Waals surface area contributed by atoms with Gasteiger partial charge in [-0.3, -0.25) is 0 Å². The normalized spacial score (nSPS) is 35.8. The van der Waals surface area contributed by atoms with E-state index in [2.05, 4.69) is 19.2 Å². The SMILES string of the molecule is C[C@@H]1CNC[C@H](C)C12OC(=O)c1ccccc12. The van der Waals surface area contributed by atoms with Crippen LogP contribution in [0.5, 0.6) is 0 Å². The molecule has 0 aliphatic carbocycles. The van der Waals surface area contributed by atoms with Crippen molar-refractivity contribution in [3.8, 4) is 0 Å². The van der Waals surface area contributed by atoms with Gasteiger partial charge in [-0.25, -0.2) is 4.79 Å². The predicted molar refractivity (Wildman–Crippen MR) is 64.7 cm³/mol. The first-order valence-corrected chi connectivity index (χ1v) is 6.20. The lowest BCUT2D eigenvalue weighted by Crippen LogP contribution is -2.53. The van der Waals surface area contributed by atoms with Crippen molar-refractivity contribution in [1.29, 1.82) is 0 Å². The number of hydrogen-bond donors (Lipinski definition) is 1. The van der Waals surface area contributed by atoms with Gasteiger partial charge in [-0.15, -0.1) is 0 Å². The molecule has 1 aromatic carbocycles. The van der Waals surface area contributed by atoms with Crippen molar-refractivity contribution in [3.05, 3.63) is 35.4 Å². The molecule has 1 saturated heterocycles. The van der Waals surface area contributed by atoms with Gasteiger partial charge in [0.05, 0.1) is 5.56 Å². The number of nitrogens with one attached hydrogen (secondary N) is 1. The second-order valence-electron chi connectivity index (χ2n) is 5.19. The van der Waals surface area contributed by atoms with Crippen molar-refractivity contribution in [3.63, 3.8) is 0 Å². The molecule has 2 aliphatic heterocycles. The molecule has 1 N–H and O–H groups in total. The molecule has 2 aliphatic rings. The molecule has 0 aromatic heterocycles. The highest BCUT2D eigenvalue weighted by Crippen LogP contribution is 2.48. The molecule has 17 heavy (non-hydrogen) atoms. The molecule has 1 fully saturated rings. The van der Waals surface area contributed by atoms with Gasteiger partial charge in [0.15, 0.2) is 0 Å². The molecular weight excluding hydrogens is 214 g/mol. The summed E-state index contributed by atoms with van der Waals surface area (Å²) in [6.45, 7) is 6.09. The maximum absolute atomic E-state index is 12.0. The van der Waals surface area contributed by atoms with Crippen LogP contribution in [-0.2, 0) is 10.3 Å². The van der Waals surface area contributed by atoms with Gasteiger partial charge in [-0.2, -0.15) is 0 Å². The Labute approximate surface area is 101 Å². The van der Waals surface area contributed by atoms with E-state index in [0.717, 1.165) is 24.2 Å². The molecule has 3 rings (SSSR count). The lowest BCUT2D eigenvalue weighted by molar-refractivity contribution is -0.0853. The van der Waals surface area contributed by atoms with Crippen molar-refractivity contribution in [2.24, 2.45) is 11.8 Å². The minimum absolute atomic E-state index is 0.166. The van der Waals surface area contributed by atoms with Gasteiger partial charge in [0, 0.05) is 30.5 Å². The monoisotopic (exact) mass is 231 g/mol. The fourth-order valence-corrected chi connectivity index (χ4v) is 3.30. The maximum Gasteiger partial charge on any atom is 0.339 e. The fourth-order valence-electron chi connectivity index (χ4n) is 3.30. The van der Waals surface area contributed by atoms with Gasteiger partial charge in [0.1, 0.15) is 5.60 Å². The van der Waals surface area contributed by atoms with E-state index >= 15 is 0 Å². The van der Waals surface area contributed by atoms with E-state index in [1.54, 1.807) is 0 Å². The van der Waals surface area contributed by atoms with Gasteiger partial charge in [0.2, 0.25) is 0 Å². The maximum atomic E-state index is 12.0. The second-order valence-corrected chi connectivity index (χ2v) is 5.19. The summed E-state index contributed by atoms with van der Waals surface area (Å²) in [4.78, 5) is 12.0. The molecule has 1 unspecified atom stereocenters. The quantitative estimate of drug-likeness (QED) is 0.693. The Kier molecular flexibility index (Phi) is 2.26. The average Bonchev–Trinajstić information content (AvgIpc) is 2.63. The second kappa shape index (κ2) is 3.57. The first kappa shape index (κ1) is 10.8. The van der Waals surface area contributed by atoms with Crippen molar-refractivity contribution >= 4 is 5.97 Å². The molecule has 0 radical (unpaired) electrons. The first-order valence-electron chi connectivity index (χ1n) is 6.20. The van der Waals surface area contributed by atoms with Crippen LogP contribution in [0.4, 0.5) is 0 Å². The largest absolute Gasteiger partial charge is 0.450 e. The van der Waals surface area contributed by atoms with Crippen LogP contribution in [0.15, 0.2) is 24.3 Å². The molecule has 3 heteroatoms. The molecule has 0 amide bonds. The van der Waals surface area contributed by atoms with E-state index in [4.69, 9.17) is 4.74 Å². The summed E-state index contributed by atoms with van der Waals surface area (Å²) >= 11 is 0. The van der Waals surface area contributed by atoms with Gasteiger partial charge in [-0.05, 0) is 6.07 Å². The Morgan fingerprint density at radius 3 is 2.59 bits per heavy atom. The van der Waals surface area contributed by atoms with Crippen molar-refractivity contribution in [2.75, 3.05) is 13.1 Å². The number of hydrogen-bond acceptors (Lipinski definition) is 3. The van der Waals surface area contributed by atoms with E-state index in [1.165, 1.54) is 0 Å². The summed E-state index contributed by atoms with van der Waals surface area (Å²) in [6, 6.07) is 7.80. The van der Waals surface area contributed by atoms with Crippen LogP contribution in [0.2, 0.25) is 0 Å². The summed E-state index contributed by atoms with van der Waals surface area (Å²) in [7, 11) is 0. The van der Waals surface area contributed by atoms with Crippen LogP contribution in [-0.4, -0.2) is 19.1 Å². The summed E-state index contributed by atoms with van der Waals surface area (Å²) in [5.41, 5.74) is 1.40. The van der Waals surface area contributed by atoms with Crippen molar-refractivity contribution < 1.29 is 9.53 Å². The molecule has 90 valence electrons. The van der Waals surface area contributed by atoms with Crippen LogP contribution in [0.1, 0.15) is 29.8 Å². The molecule has 3 nitrogen and oxygen atoms in total. The van der Waals surface area contributed by atoms with E-state index in [-0.39, 0.29) is 5.97 Å². The zero-order valence-corrected chi connectivity index (χ0v) is 10.2. The van der Waals surface area contributed by atoms with Gasteiger partial charge in [-0.1, -0.05) is 32.0 Å². The molecule has 0 saturated carbocycles. The van der Waals surface area contributed by atoms with E-state index in [1.807, 2.05) is 24.3 Å². The summed E-state index contributed by atoms with van der Waals surface area (Å²) < 4.78 is 5.81. The fraction of sp³-hybridized carbons (Fsp3) is 0.500. The third kappa shape index (κ3) is 1.29. The third-order valence-corrected chi connectivity index (χ3v) is 4.19. The highest BCUT2D eigenvalue weighted by Gasteiger charge is 2.54. The van der Waals surface area contributed by atoms with Crippen LogP contribution in [0.3, 0.4) is 0 Å². The standard InChI is InChI=1S/C14H17NO2/c1-9-7-15-8-10(2)14(9)12-6-4-3-5-11(12)13(16)17-14/h3-6,9-10,15H,7-8H2,1-2H3/t9-,10+,14?. The number of carbonyl (C=O) groups is 1. The topological polar surface area (TPSA) is 38.3 Å². The number of fused-ring (bicyclic) bond motifs is 2. The lowest BCUT2D eigenvalue weighted by atomic mass is 9.71. The average molecular weight is 231 g/mol. The van der Waals surface area contributed by atoms with Crippen LogP contribution in [0, 0.1) is 11.8 Å². The smallest absolute Gasteiger partial charge is 0.339 e. The number of piperidine rings is 1. The number of esters is 1. The van der Waals surface area contributed by atoms with Gasteiger partial charge >= 0.3 is 5.97 Å². The summed E-state index contributed by atoms with van der Waals surface area (Å²) in [6.07, 6.45) is 0. The number of rotatable bonds is 0. The molecular formula is C14H17NO2. The van der Waals surface area contributed by atoms with Crippen molar-refractivity contribution in [2.45, 2.75) is 19.4 Å². The Balaban J connectivity index is 2.18. The number of benzene rings is 1. The first-order chi connectivity index (χ1) is 8.16. The highest BCUT2D eigenvalue weighted by molar-refractivity contribution is 5.94. The third-order valence-electron chi connectivity index (χ3n) is 4.19. The Morgan fingerprint density at radius 2 is 1.88 bits per heavy atom. The molecule has 1 aromatic rings. The van der Waals surface area contributed by atoms with Gasteiger partial charge < -0.3 is 10.1 Å². The van der Waals surface area contributed by atoms with E-state index < -0.39 is 5.60 Å². The lowest BCUT2D eigenvalue weighted by Gasteiger charge is -2.44. The molecule has 1 spiro atoms. The van der Waals surface area contributed by atoms with Crippen LogP contribution in [0.25, 0.3) is 0 Å². The minimum Gasteiger partial charge on any atom is -0.450 e. The molecule has 2 heterocycles. The number of ether oxygens (including phenoxy) is 1. The zero-order chi connectivity index (χ0) is 12.0.